The minimum Gasteiger partial charge on any atom is -0.379 e. The highest BCUT2D eigenvalue weighted by Gasteiger charge is 2.41. The van der Waals surface area contributed by atoms with Crippen molar-refractivity contribution < 1.29 is 4.74 Å². The van der Waals surface area contributed by atoms with E-state index in [1.807, 2.05) is 6.07 Å². The molecule has 1 heterocycles. The number of halogens is 1. The van der Waals surface area contributed by atoms with E-state index in [1.165, 1.54) is 11.1 Å². The highest BCUT2D eigenvalue weighted by atomic mass is 79.9. The largest absolute Gasteiger partial charge is 0.379 e. The Bertz CT molecular complexity index is 576. The predicted molar refractivity (Wildman–Crippen MR) is 80.1 cm³/mol. The maximum Gasteiger partial charge on any atom is 0.0670 e. The number of benzene rings is 2. The summed E-state index contributed by atoms with van der Waals surface area (Å²) >= 11 is 3.55. The Kier molecular flexibility index (Phi) is 3.44. The number of nitrogens with two attached hydrogens (primary N) is 1. The summed E-state index contributed by atoms with van der Waals surface area (Å²) in [6, 6.07) is 17.0. The number of hydrogen-bond donors (Lipinski definition) is 1. The Morgan fingerprint density at radius 2 is 1.79 bits per heavy atom. The van der Waals surface area contributed by atoms with Gasteiger partial charge in [0.1, 0.15) is 0 Å². The van der Waals surface area contributed by atoms with Crippen molar-refractivity contribution in [1.29, 1.82) is 0 Å². The summed E-state index contributed by atoms with van der Waals surface area (Å²) in [7, 11) is 0. The van der Waals surface area contributed by atoms with Crippen LogP contribution in [0.25, 0.3) is 0 Å². The van der Waals surface area contributed by atoms with E-state index in [2.05, 4.69) is 58.4 Å². The fraction of sp³-hybridized carbons (Fsp3) is 0.250. The molecule has 2 nitrogen and oxygen atoms in total. The molecule has 0 aliphatic carbocycles. The molecule has 0 spiro atoms. The quantitative estimate of drug-likeness (QED) is 0.943. The lowest BCUT2D eigenvalue weighted by atomic mass is 9.73. The van der Waals surface area contributed by atoms with E-state index in [0.717, 1.165) is 23.2 Å². The lowest BCUT2D eigenvalue weighted by molar-refractivity contribution is -0.0380. The van der Waals surface area contributed by atoms with Crippen LogP contribution in [0.3, 0.4) is 0 Å². The molecule has 0 radical (unpaired) electrons. The molecule has 1 aliphatic heterocycles. The van der Waals surface area contributed by atoms with Gasteiger partial charge in [-0.25, -0.2) is 0 Å². The first-order valence-electron chi connectivity index (χ1n) is 6.38. The third-order valence-electron chi connectivity index (χ3n) is 3.82. The third kappa shape index (κ3) is 2.22. The van der Waals surface area contributed by atoms with Crippen LogP contribution >= 0.6 is 15.9 Å². The van der Waals surface area contributed by atoms with Gasteiger partial charge in [0.05, 0.1) is 18.6 Å². The van der Waals surface area contributed by atoms with Gasteiger partial charge >= 0.3 is 0 Å². The minimum atomic E-state index is -0.00307. The molecule has 0 aromatic heterocycles. The van der Waals surface area contributed by atoms with Crippen molar-refractivity contribution in [1.82, 2.24) is 0 Å². The molecule has 0 amide bonds. The molecule has 2 aromatic carbocycles. The fourth-order valence-electron chi connectivity index (χ4n) is 2.55. The van der Waals surface area contributed by atoms with Gasteiger partial charge in [0.25, 0.3) is 0 Å². The summed E-state index contributed by atoms with van der Waals surface area (Å²) in [4.78, 5) is 0. The van der Waals surface area contributed by atoms with Crippen LogP contribution in [-0.2, 0) is 16.7 Å². The standard InChI is InChI=1S/C16H16BrNO/c17-15-3-1-2-14(8-15)16(10-19-11-16)13-6-4-12(9-18)5-7-13/h1-8H,9-11,18H2. The van der Waals surface area contributed by atoms with Crippen molar-refractivity contribution >= 4 is 15.9 Å². The van der Waals surface area contributed by atoms with Crippen molar-refractivity contribution in [3.8, 4) is 0 Å². The molecule has 3 rings (SSSR count). The molecule has 1 saturated heterocycles. The summed E-state index contributed by atoms with van der Waals surface area (Å²) in [5.74, 6) is 0. The lowest BCUT2D eigenvalue weighted by Gasteiger charge is -2.42. The average molecular weight is 318 g/mol. The molecule has 0 unspecified atom stereocenters. The van der Waals surface area contributed by atoms with E-state index < -0.39 is 0 Å². The molecule has 98 valence electrons. The SMILES string of the molecule is NCc1ccc(C2(c3cccc(Br)c3)COC2)cc1. The second-order valence-corrected chi connectivity index (χ2v) is 5.90. The monoisotopic (exact) mass is 317 g/mol. The van der Waals surface area contributed by atoms with Gasteiger partial charge in [0.2, 0.25) is 0 Å². The first kappa shape index (κ1) is 12.9. The Morgan fingerprint density at radius 1 is 1.05 bits per heavy atom. The van der Waals surface area contributed by atoms with E-state index in [9.17, 15) is 0 Å². The molecule has 3 heteroatoms. The van der Waals surface area contributed by atoms with Crippen LogP contribution in [0.5, 0.6) is 0 Å². The van der Waals surface area contributed by atoms with Crippen LogP contribution < -0.4 is 5.73 Å². The summed E-state index contributed by atoms with van der Waals surface area (Å²) < 4.78 is 6.61. The van der Waals surface area contributed by atoms with E-state index >= 15 is 0 Å². The first-order valence-corrected chi connectivity index (χ1v) is 7.17. The minimum absolute atomic E-state index is 0.00307. The van der Waals surface area contributed by atoms with Crippen LogP contribution in [0.15, 0.2) is 53.0 Å². The molecule has 19 heavy (non-hydrogen) atoms. The van der Waals surface area contributed by atoms with E-state index in [0.29, 0.717) is 6.54 Å². The Labute approximate surface area is 121 Å². The molecule has 1 fully saturated rings. The average Bonchev–Trinajstić information content (AvgIpc) is 2.38. The van der Waals surface area contributed by atoms with Gasteiger partial charge in [-0.3, -0.25) is 0 Å². The van der Waals surface area contributed by atoms with Gasteiger partial charge in [0.15, 0.2) is 0 Å². The van der Waals surface area contributed by atoms with Crippen molar-refractivity contribution in [3.63, 3.8) is 0 Å². The molecule has 0 bridgehead atoms. The lowest BCUT2D eigenvalue weighted by Crippen LogP contribution is -2.47. The number of ether oxygens (including phenoxy) is 1. The maximum atomic E-state index is 5.66. The van der Waals surface area contributed by atoms with Crippen molar-refractivity contribution in [3.05, 3.63) is 69.7 Å². The highest BCUT2D eigenvalue weighted by molar-refractivity contribution is 9.10. The smallest absolute Gasteiger partial charge is 0.0670 e. The van der Waals surface area contributed by atoms with Crippen LogP contribution in [0, 0.1) is 0 Å². The zero-order valence-electron chi connectivity index (χ0n) is 10.6. The topological polar surface area (TPSA) is 35.2 Å². The van der Waals surface area contributed by atoms with Crippen LogP contribution in [0.4, 0.5) is 0 Å². The van der Waals surface area contributed by atoms with Crippen LogP contribution in [0.2, 0.25) is 0 Å². The normalized spacial score (nSPS) is 16.9. The van der Waals surface area contributed by atoms with Crippen LogP contribution in [0.1, 0.15) is 16.7 Å². The summed E-state index contributed by atoms with van der Waals surface area (Å²) in [5.41, 5.74) is 9.41. The zero-order chi connectivity index (χ0) is 13.3. The second-order valence-electron chi connectivity index (χ2n) is 4.99. The number of hydrogen-bond acceptors (Lipinski definition) is 2. The second kappa shape index (κ2) is 5.08. The van der Waals surface area contributed by atoms with Gasteiger partial charge in [-0.2, -0.15) is 0 Å². The van der Waals surface area contributed by atoms with Gasteiger partial charge in [0, 0.05) is 11.0 Å². The zero-order valence-corrected chi connectivity index (χ0v) is 12.2. The highest BCUT2D eigenvalue weighted by Crippen LogP contribution is 2.39. The molecule has 2 N–H and O–H groups in total. The Balaban J connectivity index is 2.02. The number of rotatable bonds is 3. The van der Waals surface area contributed by atoms with E-state index in [4.69, 9.17) is 10.5 Å². The van der Waals surface area contributed by atoms with Crippen molar-refractivity contribution in [2.75, 3.05) is 13.2 Å². The summed E-state index contributed by atoms with van der Waals surface area (Å²) in [6.07, 6.45) is 0. The van der Waals surface area contributed by atoms with E-state index in [-0.39, 0.29) is 5.41 Å². The van der Waals surface area contributed by atoms with Gasteiger partial charge in [-0.05, 0) is 28.8 Å². The molecule has 2 aromatic rings. The fourth-order valence-corrected chi connectivity index (χ4v) is 2.95. The molecule has 0 saturated carbocycles. The molecule has 1 aliphatic rings. The van der Waals surface area contributed by atoms with Crippen molar-refractivity contribution in [2.45, 2.75) is 12.0 Å². The Hall–Kier alpha value is -1.16. The molecule has 0 atom stereocenters. The third-order valence-corrected chi connectivity index (χ3v) is 4.31. The first-order chi connectivity index (χ1) is 9.24. The van der Waals surface area contributed by atoms with Gasteiger partial charge < -0.3 is 10.5 Å². The van der Waals surface area contributed by atoms with E-state index in [1.54, 1.807) is 0 Å². The van der Waals surface area contributed by atoms with Gasteiger partial charge in [-0.15, -0.1) is 0 Å². The predicted octanol–water partition coefficient (Wildman–Crippen LogP) is 3.22. The maximum absolute atomic E-state index is 5.66. The van der Waals surface area contributed by atoms with Gasteiger partial charge in [-0.1, -0.05) is 52.3 Å². The van der Waals surface area contributed by atoms with Crippen LogP contribution in [-0.4, -0.2) is 13.2 Å². The van der Waals surface area contributed by atoms with Crippen molar-refractivity contribution in [2.24, 2.45) is 5.73 Å². The Morgan fingerprint density at radius 3 is 2.32 bits per heavy atom. The summed E-state index contributed by atoms with van der Waals surface area (Å²) in [5, 5.41) is 0. The summed E-state index contributed by atoms with van der Waals surface area (Å²) in [6.45, 7) is 2.07. The molecular weight excluding hydrogens is 302 g/mol. The molecular formula is C16H16BrNO.